The number of rotatable bonds is 5. The predicted octanol–water partition coefficient (Wildman–Crippen LogP) is 3.51. The van der Waals surface area contributed by atoms with Gasteiger partial charge in [-0.2, -0.15) is 0 Å². The van der Waals surface area contributed by atoms with Gasteiger partial charge in [-0.15, -0.1) is 0 Å². The first-order valence-electron chi connectivity index (χ1n) is 5.55. The van der Waals surface area contributed by atoms with Crippen LogP contribution in [0.4, 0.5) is 0 Å². The Balaban J connectivity index is 2.89. The molecule has 0 aliphatic rings. The van der Waals surface area contributed by atoms with Gasteiger partial charge >= 0.3 is 0 Å². The fraction of sp³-hybridized carbons (Fsp3) is 0.462. The van der Waals surface area contributed by atoms with E-state index in [1.54, 1.807) is 7.11 Å². The number of nitrogens with two attached hydrogens (primary N) is 1. The molecule has 1 aromatic carbocycles. The van der Waals surface area contributed by atoms with E-state index in [0.29, 0.717) is 10.9 Å². The molecule has 0 aliphatic carbocycles. The van der Waals surface area contributed by atoms with Crippen LogP contribution in [0.2, 0.25) is 5.02 Å². The fourth-order valence-electron chi connectivity index (χ4n) is 1.84. The lowest BCUT2D eigenvalue weighted by atomic mass is 9.96. The molecule has 1 aromatic rings. The predicted molar refractivity (Wildman–Crippen MR) is 77.0 cm³/mol. The number of ether oxygens (including phenoxy) is 1. The van der Waals surface area contributed by atoms with Crippen LogP contribution in [0.15, 0.2) is 12.1 Å². The number of aryl methyl sites for hydroxylation is 1. The normalized spacial score (nSPS) is 12.2. The van der Waals surface area contributed by atoms with Gasteiger partial charge in [0.1, 0.15) is 5.75 Å². The number of halogens is 1. The molecule has 0 bridgehead atoms. The summed E-state index contributed by atoms with van der Waals surface area (Å²) in [5.41, 5.74) is 7.67. The largest absolute Gasteiger partial charge is 0.496 e. The Bertz CT molecular complexity index is 420. The van der Waals surface area contributed by atoms with Crippen LogP contribution < -0.4 is 10.5 Å². The Kier molecular flexibility index (Phi) is 5.22. The van der Waals surface area contributed by atoms with Crippen molar-refractivity contribution < 1.29 is 4.74 Å². The molecule has 0 spiro atoms. The Morgan fingerprint density at radius 1 is 1.53 bits per heavy atom. The Morgan fingerprint density at radius 2 is 2.18 bits per heavy atom. The Morgan fingerprint density at radius 3 is 2.71 bits per heavy atom. The van der Waals surface area contributed by atoms with Crippen molar-refractivity contribution in [3.05, 3.63) is 28.3 Å². The summed E-state index contributed by atoms with van der Waals surface area (Å²) >= 11 is 11.0. The van der Waals surface area contributed by atoms with Crippen molar-refractivity contribution >= 4 is 28.8 Å². The highest BCUT2D eigenvalue weighted by molar-refractivity contribution is 7.80. The average molecular weight is 272 g/mol. The highest BCUT2D eigenvalue weighted by atomic mass is 35.5. The zero-order valence-corrected chi connectivity index (χ0v) is 12.0. The number of hydrogen-bond donors (Lipinski definition) is 1. The van der Waals surface area contributed by atoms with Crippen molar-refractivity contribution in [3.63, 3.8) is 0 Å². The third kappa shape index (κ3) is 4.17. The molecule has 94 valence electrons. The minimum absolute atomic E-state index is 0.389. The summed E-state index contributed by atoms with van der Waals surface area (Å²) in [5.74, 6) is 1.27. The van der Waals surface area contributed by atoms with Crippen LogP contribution in [0.5, 0.6) is 5.75 Å². The van der Waals surface area contributed by atoms with Crippen LogP contribution in [0.3, 0.4) is 0 Å². The maximum Gasteiger partial charge on any atom is 0.122 e. The maximum atomic E-state index is 6.13. The van der Waals surface area contributed by atoms with Gasteiger partial charge in [0.05, 0.1) is 12.1 Å². The summed E-state index contributed by atoms with van der Waals surface area (Å²) in [6.07, 6.45) is 1.60. The van der Waals surface area contributed by atoms with Crippen molar-refractivity contribution in [2.75, 3.05) is 7.11 Å². The minimum Gasteiger partial charge on any atom is -0.496 e. The van der Waals surface area contributed by atoms with Crippen molar-refractivity contribution in [2.45, 2.75) is 26.7 Å². The third-order valence-corrected chi connectivity index (χ3v) is 3.25. The van der Waals surface area contributed by atoms with Crippen molar-refractivity contribution in [3.8, 4) is 5.75 Å². The van der Waals surface area contributed by atoms with Gasteiger partial charge in [0, 0.05) is 11.4 Å². The molecule has 2 nitrogen and oxygen atoms in total. The Labute approximate surface area is 113 Å². The second-order valence-corrected chi connectivity index (χ2v) is 5.32. The first-order chi connectivity index (χ1) is 7.93. The van der Waals surface area contributed by atoms with E-state index in [1.807, 2.05) is 19.1 Å². The number of thiocarbonyl (C=S) groups is 1. The molecular weight excluding hydrogens is 254 g/mol. The topological polar surface area (TPSA) is 35.2 Å². The van der Waals surface area contributed by atoms with Crippen LogP contribution in [-0.2, 0) is 6.42 Å². The lowest BCUT2D eigenvalue weighted by molar-refractivity contribution is 0.405. The second kappa shape index (κ2) is 6.22. The van der Waals surface area contributed by atoms with Gasteiger partial charge < -0.3 is 10.5 Å². The summed E-state index contributed by atoms with van der Waals surface area (Å²) in [7, 11) is 1.67. The van der Waals surface area contributed by atoms with E-state index in [0.717, 1.165) is 34.7 Å². The zero-order chi connectivity index (χ0) is 13.0. The first kappa shape index (κ1) is 14.3. The molecule has 17 heavy (non-hydrogen) atoms. The van der Waals surface area contributed by atoms with E-state index in [1.165, 1.54) is 0 Å². The molecule has 0 aliphatic heterocycles. The molecule has 0 amide bonds. The molecule has 0 fully saturated rings. The quantitative estimate of drug-likeness (QED) is 0.833. The van der Waals surface area contributed by atoms with Gasteiger partial charge in [-0.1, -0.05) is 30.7 Å². The molecule has 0 saturated heterocycles. The fourth-order valence-corrected chi connectivity index (χ4v) is 2.31. The molecule has 1 atom stereocenters. The number of hydrogen-bond acceptors (Lipinski definition) is 2. The van der Waals surface area contributed by atoms with Gasteiger partial charge in [0.15, 0.2) is 0 Å². The van der Waals surface area contributed by atoms with Crippen molar-refractivity contribution in [1.82, 2.24) is 0 Å². The van der Waals surface area contributed by atoms with Crippen LogP contribution >= 0.6 is 23.8 Å². The SMILES string of the molecule is COc1cc(C)c(Cl)cc1CC(C)CC(N)=S. The van der Waals surface area contributed by atoms with E-state index in [9.17, 15) is 0 Å². The third-order valence-electron chi connectivity index (χ3n) is 2.68. The Hall–Kier alpha value is -0.800. The van der Waals surface area contributed by atoms with E-state index in [4.69, 9.17) is 34.3 Å². The summed E-state index contributed by atoms with van der Waals surface area (Å²) < 4.78 is 5.36. The van der Waals surface area contributed by atoms with Crippen LogP contribution in [0.1, 0.15) is 24.5 Å². The molecule has 2 N–H and O–H groups in total. The molecule has 1 rings (SSSR count). The van der Waals surface area contributed by atoms with Crippen LogP contribution in [0.25, 0.3) is 0 Å². The second-order valence-electron chi connectivity index (χ2n) is 4.39. The lowest BCUT2D eigenvalue weighted by Crippen LogP contribution is -2.14. The molecule has 1 unspecified atom stereocenters. The van der Waals surface area contributed by atoms with Gasteiger partial charge in [-0.05, 0) is 42.5 Å². The van der Waals surface area contributed by atoms with Crippen LogP contribution in [0, 0.1) is 12.8 Å². The van der Waals surface area contributed by atoms with Crippen molar-refractivity contribution in [2.24, 2.45) is 11.7 Å². The number of benzene rings is 1. The summed E-state index contributed by atoms with van der Waals surface area (Å²) in [6.45, 7) is 4.08. The smallest absolute Gasteiger partial charge is 0.122 e. The van der Waals surface area contributed by atoms with Gasteiger partial charge in [-0.3, -0.25) is 0 Å². The lowest BCUT2D eigenvalue weighted by Gasteiger charge is -2.15. The average Bonchev–Trinajstić information content (AvgIpc) is 2.21. The molecular formula is C13H18ClNOS. The summed E-state index contributed by atoms with van der Waals surface area (Å²) in [4.78, 5) is 0.551. The van der Waals surface area contributed by atoms with Crippen molar-refractivity contribution in [1.29, 1.82) is 0 Å². The number of methoxy groups -OCH3 is 1. The van der Waals surface area contributed by atoms with E-state index in [2.05, 4.69) is 6.92 Å². The maximum absolute atomic E-state index is 6.13. The van der Waals surface area contributed by atoms with Gasteiger partial charge in [0.25, 0.3) is 0 Å². The summed E-state index contributed by atoms with van der Waals surface area (Å²) in [5, 5.41) is 0.767. The minimum atomic E-state index is 0.389. The van der Waals surface area contributed by atoms with Gasteiger partial charge in [0.2, 0.25) is 0 Å². The van der Waals surface area contributed by atoms with Gasteiger partial charge in [-0.25, -0.2) is 0 Å². The molecule has 4 heteroatoms. The summed E-state index contributed by atoms with van der Waals surface area (Å²) in [6, 6.07) is 3.93. The monoisotopic (exact) mass is 271 g/mol. The molecule has 0 aromatic heterocycles. The molecule has 0 saturated carbocycles. The van der Waals surface area contributed by atoms with Crippen LogP contribution in [-0.4, -0.2) is 12.1 Å². The highest BCUT2D eigenvalue weighted by Crippen LogP contribution is 2.29. The standard InChI is InChI=1S/C13H18ClNOS/c1-8(5-13(15)17)4-10-7-11(14)9(2)6-12(10)16-3/h6-8H,4-5H2,1-3H3,(H2,15,17). The zero-order valence-electron chi connectivity index (χ0n) is 10.4. The molecule has 0 heterocycles. The highest BCUT2D eigenvalue weighted by Gasteiger charge is 2.11. The molecule has 0 radical (unpaired) electrons. The van der Waals surface area contributed by atoms with E-state index in [-0.39, 0.29) is 0 Å². The van der Waals surface area contributed by atoms with E-state index >= 15 is 0 Å². The first-order valence-corrected chi connectivity index (χ1v) is 6.34. The van der Waals surface area contributed by atoms with E-state index < -0.39 is 0 Å².